The van der Waals surface area contributed by atoms with Crippen LogP contribution in [0.4, 0.5) is 5.69 Å². The van der Waals surface area contributed by atoms with Gasteiger partial charge in [0.05, 0.1) is 11.0 Å². The van der Waals surface area contributed by atoms with Crippen LogP contribution in [0.25, 0.3) is 11.0 Å². The number of nitrogens with one attached hydrogen (secondary N) is 2. The van der Waals surface area contributed by atoms with Crippen LogP contribution in [-0.4, -0.2) is 15.8 Å². The highest BCUT2D eigenvalue weighted by Crippen LogP contribution is 2.26. The van der Waals surface area contributed by atoms with Gasteiger partial charge >= 0.3 is 5.69 Å². The molecular formula is C15H12BrN3O2. The van der Waals surface area contributed by atoms with Crippen molar-refractivity contribution in [2.75, 3.05) is 5.73 Å². The summed E-state index contributed by atoms with van der Waals surface area (Å²) in [6, 6.07) is 8.61. The number of fused-ring (bicyclic) bond motifs is 1. The lowest BCUT2D eigenvalue weighted by Gasteiger charge is -2.09. The Hall–Kier alpha value is -2.34. The summed E-state index contributed by atoms with van der Waals surface area (Å²) in [4.78, 5) is 29.3. The van der Waals surface area contributed by atoms with Gasteiger partial charge in [-0.05, 0) is 46.6 Å². The maximum Gasteiger partial charge on any atom is 0.323 e. The van der Waals surface area contributed by atoms with Crippen LogP contribution < -0.4 is 11.4 Å². The van der Waals surface area contributed by atoms with Crippen molar-refractivity contribution in [1.29, 1.82) is 0 Å². The summed E-state index contributed by atoms with van der Waals surface area (Å²) in [5, 5.41) is 0. The number of aromatic amines is 2. The molecule has 0 aliphatic rings. The van der Waals surface area contributed by atoms with Gasteiger partial charge in [0.1, 0.15) is 0 Å². The summed E-state index contributed by atoms with van der Waals surface area (Å²) in [7, 11) is 0. The van der Waals surface area contributed by atoms with Crippen LogP contribution in [0.5, 0.6) is 0 Å². The molecule has 3 rings (SSSR count). The van der Waals surface area contributed by atoms with Gasteiger partial charge in [-0.25, -0.2) is 4.79 Å². The summed E-state index contributed by atoms with van der Waals surface area (Å²) >= 11 is 3.38. The Morgan fingerprint density at radius 3 is 2.52 bits per heavy atom. The molecule has 106 valence electrons. The molecule has 6 heteroatoms. The number of hydrogen-bond donors (Lipinski definition) is 3. The van der Waals surface area contributed by atoms with Crippen LogP contribution in [0.1, 0.15) is 21.5 Å². The fourth-order valence-electron chi connectivity index (χ4n) is 2.27. The molecule has 4 N–H and O–H groups in total. The number of rotatable bonds is 2. The van der Waals surface area contributed by atoms with Gasteiger partial charge in [0.2, 0.25) is 0 Å². The molecule has 21 heavy (non-hydrogen) atoms. The Kier molecular flexibility index (Phi) is 3.17. The van der Waals surface area contributed by atoms with E-state index in [1.165, 1.54) is 0 Å². The number of ketones is 1. The first-order valence-electron chi connectivity index (χ1n) is 6.28. The number of nitrogen functional groups attached to an aromatic ring is 1. The van der Waals surface area contributed by atoms with Gasteiger partial charge in [0, 0.05) is 21.3 Å². The van der Waals surface area contributed by atoms with Crippen molar-refractivity contribution < 1.29 is 4.79 Å². The zero-order valence-corrected chi connectivity index (χ0v) is 12.7. The van der Waals surface area contributed by atoms with Crippen LogP contribution in [0, 0.1) is 6.92 Å². The van der Waals surface area contributed by atoms with Crippen molar-refractivity contribution in [2.24, 2.45) is 0 Å². The highest BCUT2D eigenvalue weighted by molar-refractivity contribution is 9.10. The van der Waals surface area contributed by atoms with Crippen LogP contribution in [0.15, 0.2) is 39.6 Å². The second-order valence-electron chi connectivity index (χ2n) is 4.81. The number of carbonyl (C=O) groups is 1. The lowest BCUT2D eigenvalue weighted by Crippen LogP contribution is -2.06. The third-order valence-corrected chi connectivity index (χ3v) is 4.12. The quantitative estimate of drug-likeness (QED) is 0.492. The topological polar surface area (TPSA) is 91.7 Å². The molecule has 0 saturated heterocycles. The van der Waals surface area contributed by atoms with Crippen molar-refractivity contribution in [3.8, 4) is 0 Å². The number of aromatic nitrogens is 2. The summed E-state index contributed by atoms with van der Waals surface area (Å²) in [6.45, 7) is 1.81. The third-order valence-electron chi connectivity index (χ3n) is 3.47. The molecule has 5 nitrogen and oxygen atoms in total. The van der Waals surface area contributed by atoms with E-state index in [9.17, 15) is 9.59 Å². The maximum atomic E-state index is 12.7. The largest absolute Gasteiger partial charge is 0.398 e. The summed E-state index contributed by atoms with van der Waals surface area (Å²) in [5.74, 6) is -0.143. The van der Waals surface area contributed by atoms with Crippen LogP contribution in [0.2, 0.25) is 0 Å². The molecule has 1 heterocycles. The number of H-pyrrole nitrogens is 2. The van der Waals surface area contributed by atoms with E-state index < -0.39 is 0 Å². The lowest BCUT2D eigenvalue weighted by atomic mass is 9.98. The molecule has 0 atom stereocenters. The predicted octanol–water partition coefficient (Wildman–Crippen LogP) is 2.74. The van der Waals surface area contributed by atoms with E-state index in [0.29, 0.717) is 32.3 Å². The molecule has 2 aromatic carbocycles. The monoisotopic (exact) mass is 345 g/mol. The molecule has 0 aliphatic carbocycles. The van der Waals surface area contributed by atoms with Gasteiger partial charge < -0.3 is 15.7 Å². The molecule has 0 bridgehead atoms. The van der Waals surface area contributed by atoms with E-state index in [1.54, 1.807) is 30.3 Å². The molecule has 0 aliphatic heterocycles. The number of carbonyl (C=O) groups excluding carboxylic acids is 1. The van der Waals surface area contributed by atoms with Crippen molar-refractivity contribution in [3.05, 3.63) is 62.0 Å². The molecule has 0 amide bonds. The predicted molar refractivity (Wildman–Crippen MR) is 85.6 cm³/mol. The van der Waals surface area contributed by atoms with Gasteiger partial charge in [-0.1, -0.05) is 12.1 Å². The fraction of sp³-hybridized carbons (Fsp3) is 0.0667. The number of halogens is 1. The first kappa shape index (κ1) is 13.6. The standard InChI is InChI=1S/C15H12BrN3O2/c1-7-8(3-2-4-11(7)17)14(20)9-5-12-13(6-10(9)16)19-15(21)18-12/h2-6H,17H2,1H3,(H2,18,19,21). The normalized spacial score (nSPS) is 11.0. The summed E-state index contributed by atoms with van der Waals surface area (Å²) in [6.07, 6.45) is 0. The minimum absolute atomic E-state index is 0.143. The average molecular weight is 346 g/mol. The lowest BCUT2D eigenvalue weighted by molar-refractivity contribution is 0.103. The van der Waals surface area contributed by atoms with Gasteiger partial charge in [-0.15, -0.1) is 0 Å². The highest BCUT2D eigenvalue weighted by atomic mass is 79.9. The minimum Gasteiger partial charge on any atom is -0.398 e. The zero-order valence-electron chi connectivity index (χ0n) is 11.2. The van der Waals surface area contributed by atoms with Crippen molar-refractivity contribution in [3.63, 3.8) is 0 Å². The Bertz CT molecular complexity index is 924. The van der Waals surface area contributed by atoms with Gasteiger partial charge in [0.15, 0.2) is 5.78 Å². The number of nitrogens with two attached hydrogens (primary N) is 1. The Labute approximate surface area is 128 Å². The molecule has 0 saturated carbocycles. The summed E-state index contributed by atoms with van der Waals surface area (Å²) in [5.41, 5.74) is 9.14. The molecule has 0 spiro atoms. The van der Waals surface area contributed by atoms with E-state index in [-0.39, 0.29) is 11.5 Å². The number of imidazole rings is 1. The second-order valence-corrected chi connectivity index (χ2v) is 5.66. The van der Waals surface area contributed by atoms with Crippen LogP contribution >= 0.6 is 15.9 Å². The Morgan fingerprint density at radius 2 is 1.81 bits per heavy atom. The van der Waals surface area contributed by atoms with E-state index in [4.69, 9.17) is 5.73 Å². The zero-order chi connectivity index (χ0) is 15.1. The number of anilines is 1. The number of benzene rings is 2. The van der Waals surface area contributed by atoms with Crippen LogP contribution in [-0.2, 0) is 0 Å². The van der Waals surface area contributed by atoms with E-state index in [2.05, 4.69) is 25.9 Å². The molecule has 1 aromatic heterocycles. The first-order valence-corrected chi connectivity index (χ1v) is 7.08. The van der Waals surface area contributed by atoms with Gasteiger partial charge in [0.25, 0.3) is 0 Å². The first-order chi connectivity index (χ1) is 9.97. The number of hydrogen-bond acceptors (Lipinski definition) is 3. The second kappa shape index (κ2) is 4.89. The van der Waals surface area contributed by atoms with E-state index in [1.807, 2.05) is 6.92 Å². The van der Waals surface area contributed by atoms with Crippen molar-refractivity contribution >= 4 is 38.4 Å². The third kappa shape index (κ3) is 2.27. The van der Waals surface area contributed by atoms with E-state index >= 15 is 0 Å². The Morgan fingerprint density at radius 1 is 1.14 bits per heavy atom. The molecule has 3 aromatic rings. The average Bonchev–Trinajstić information content (AvgIpc) is 2.79. The Balaban J connectivity index is 2.19. The summed E-state index contributed by atoms with van der Waals surface area (Å²) < 4.78 is 0.622. The van der Waals surface area contributed by atoms with Gasteiger partial charge in [-0.3, -0.25) is 4.79 Å². The van der Waals surface area contributed by atoms with Gasteiger partial charge in [-0.2, -0.15) is 0 Å². The SMILES string of the molecule is Cc1c(N)cccc1C(=O)c1cc2[nH]c(=O)[nH]c2cc1Br. The minimum atomic E-state index is -0.304. The van der Waals surface area contributed by atoms with Crippen molar-refractivity contribution in [1.82, 2.24) is 9.97 Å². The molecule has 0 radical (unpaired) electrons. The smallest absolute Gasteiger partial charge is 0.323 e. The van der Waals surface area contributed by atoms with E-state index in [0.717, 1.165) is 5.56 Å². The highest BCUT2D eigenvalue weighted by Gasteiger charge is 2.17. The molecular weight excluding hydrogens is 334 g/mol. The molecule has 0 unspecified atom stereocenters. The maximum absolute atomic E-state index is 12.7. The van der Waals surface area contributed by atoms with Crippen LogP contribution in [0.3, 0.4) is 0 Å². The van der Waals surface area contributed by atoms with Crippen molar-refractivity contribution in [2.45, 2.75) is 6.92 Å². The fourth-order valence-corrected chi connectivity index (χ4v) is 2.80. The molecule has 0 fully saturated rings.